The van der Waals surface area contributed by atoms with Crippen LogP contribution in [0.3, 0.4) is 0 Å². The topological polar surface area (TPSA) is 87.1 Å². The lowest BCUT2D eigenvalue weighted by atomic mass is 10.00. The number of terminal acetylenes is 1. The summed E-state index contributed by atoms with van der Waals surface area (Å²) in [5.41, 5.74) is 15.0. The SMILES string of the molecule is C#Cc1ccc2c(c1)C1=C(C2=O)C(c2cc(N=[N+]=[N-])cc(O[Si](C)(C)C(C)(C)C)c2)Sc2ccccc2N1. The second-order valence-corrected chi connectivity index (χ2v) is 16.8. The number of ketones is 1. The van der Waals surface area contributed by atoms with Gasteiger partial charge in [0.1, 0.15) is 5.75 Å². The van der Waals surface area contributed by atoms with Crippen molar-refractivity contribution >= 4 is 42.9 Å². The standard InChI is InChI=1S/C30H28N4O2SSi/c1-7-18-12-13-22-23(14-18)27-26(28(22)35)29(37-25-11-9-8-10-24(25)32-27)19-15-20(33-34-31)17-21(16-19)36-38(5,6)30(2,3)4/h1,8-17,29,32H,2-6H3. The number of carbonyl (C=O) groups is 1. The Labute approximate surface area is 228 Å². The van der Waals surface area contributed by atoms with E-state index in [-0.39, 0.29) is 16.1 Å². The summed E-state index contributed by atoms with van der Waals surface area (Å²) in [5, 5.41) is 7.06. The highest BCUT2D eigenvalue weighted by Crippen LogP contribution is 2.53. The third-order valence-corrected chi connectivity index (χ3v) is 13.1. The van der Waals surface area contributed by atoms with E-state index in [1.807, 2.05) is 42.5 Å². The first kappa shape index (κ1) is 25.7. The lowest BCUT2D eigenvalue weighted by Crippen LogP contribution is -2.43. The van der Waals surface area contributed by atoms with Crippen LogP contribution in [0.2, 0.25) is 18.1 Å². The molecular weight excluding hydrogens is 509 g/mol. The van der Waals surface area contributed by atoms with E-state index in [9.17, 15) is 10.3 Å². The summed E-state index contributed by atoms with van der Waals surface area (Å²) >= 11 is 1.59. The molecule has 1 aliphatic carbocycles. The fourth-order valence-electron chi connectivity index (χ4n) is 4.43. The highest BCUT2D eigenvalue weighted by molar-refractivity contribution is 8.00. The van der Waals surface area contributed by atoms with Gasteiger partial charge in [0.15, 0.2) is 5.78 Å². The van der Waals surface area contributed by atoms with Crippen molar-refractivity contribution in [2.45, 2.75) is 49.0 Å². The summed E-state index contributed by atoms with van der Waals surface area (Å²) in [6.07, 6.45) is 5.69. The van der Waals surface area contributed by atoms with Gasteiger partial charge in [-0.3, -0.25) is 4.79 Å². The molecule has 6 nitrogen and oxygen atoms in total. The zero-order valence-corrected chi connectivity index (χ0v) is 23.8. The Balaban J connectivity index is 1.71. The molecular formula is C30H28N4O2SSi. The molecule has 0 radical (unpaired) electrons. The maximum Gasteiger partial charge on any atom is 0.250 e. The molecule has 0 bridgehead atoms. The number of para-hydroxylation sites is 1. The minimum absolute atomic E-state index is 0.0188. The van der Waals surface area contributed by atoms with Crippen LogP contribution < -0.4 is 9.74 Å². The average Bonchev–Trinajstić information content (AvgIpc) is 3.02. The molecule has 1 aliphatic heterocycles. The van der Waals surface area contributed by atoms with Crippen molar-refractivity contribution in [1.29, 1.82) is 0 Å². The predicted octanol–water partition coefficient (Wildman–Crippen LogP) is 8.86. The summed E-state index contributed by atoms with van der Waals surface area (Å²) in [5.74, 6) is 3.28. The van der Waals surface area contributed by atoms with E-state index in [1.165, 1.54) is 0 Å². The van der Waals surface area contributed by atoms with E-state index in [0.717, 1.165) is 27.4 Å². The van der Waals surface area contributed by atoms with E-state index in [4.69, 9.17) is 10.8 Å². The van der Waals surface area contributed by atoms with Gasteiger partial charge in [-0.1, -0.05) is 43.9 Å². The molecule has 0 fully saturated rings. The molecule has 0 aromatic heterocycles. The third kappa shape index (κ3) is 4.50. The number of rotatable bonds is 4. The first-order valence-corrected chi connectivity index (χ1v) is 16.1. The highest BCUT2D eigenvalue weighted by atomic mass is 32.2. The number of azide groups is 1. The first-order valence-electron chi connectivity index (χ1n) is 12.3. The molecule has 2 aliphatic rings. The van der Waals surface area contributed by atoms with Crippen LogP contribution in [-0.2, 0) is 0 Å². The quantitative estimate of drug-likeness (QED) is 0.119. The van der Waals surface area contributed by atoms with Gasteiger partial charge < -0.3 is 9.74 Å². The Hall–Kier alpha value is -3.89. The summed E-state index contributed by atoms with van der Waals surface area (Å²) in [7, 11) is -2.19. The molecule has 38 heavy (non-hydrogen) atoms. The van der Waals surface area contributed by atoms with Crippen molar-refractivity contribution < 1.29 is 9.22 Å². The average molecular weight is 537 g/mol. The maximum atomic E-state index is 13.9. The van der Waals surface area contributed by atoms with Crippen LogP contribution in [0.25, 0.3) is 16.1 Å². The van der Waals surface area contributed by atoms with Crippen LogP contribution in [0.15, 0.2) is 76.2 Å². The monoisotopic (exact) mass is 536 g/mol. The van der Waals surface area contributed by atoms with Gasteiger partial charge >= 0.3 is 0 Å². The highest BCUT2D eigenvalue weighted by Gasteiger charge is 2.41. The predicted molar refractivity (Wildman–Crippen MR) is 157 cm³/mol. The molecule has 1 N–H and O–H groups in total. The van der Waals surface area contributed by atoms with Crippen molar-refractivity contribution in [2.24, 2.45) is 5.11 Å². The Morgan fingerprint density at radius 1 is 1.11 bits per heavy atom. The van der Waals surface area contributed by atoms with Gasteiger partial charge in [0.25, 0.3) is 0 Å². The second kappa shape index (κ2) is 9.45. The molecule has 3 aromatic rings. The second-order valence-electron chi connectivity index (χ2n) is 11.0. The smallest absolute Gasteiger partial charge is 0.250 e. The van der Waals surface area contributed by atoms with Crippen molar-refractivity contribution in [3.63, 3.8) is 0 Å². The molecule has 3 aromatic carbocycles. The summed E-state index contributed by atoms with van der Waals surface area (Å²) in [6, 6.07) is 19.1. The number of carbonyl (C=O) groups excluding carboxylic acids is 1. The Kier molecular flexibility index (Phi) is 6.40. The minimum Gasteiger partial charge on any atom is -0.543 e. The molecule has 190 valence electrons. The molecule has 1 atom stereocenters. The molecule has 1 unspecified atom stereocenters. The van der Waals surface area contributed by atoms with Crippen molar-refractivity contribution in [3.8, 4) is 18.1 Å². The Morgan fingerprint density at radius 2 is 1.87 bits per heavy atom. The van der Waals surface area contributed by atoms with Gasteiger partial charge in [0.05, 0.1) is 16.6 Å². The van der Waals surface area contributed by atoms with E-state index in [0.29, 0.717) is 28.1 Å². The number of thioether (sulfide) groups is 1. The minimum atomic E-state index is -2.19. The molecule has 5 rings (SSSR count). The van der Waals surface area contributed by atoms with Gasteiger partial charge in [0.2, 0.25) is 8.32 Å². The number of hydrogen-bond acceptors (Lipinski definition) is 5. The van der Waals surface area contributed by atoms with E-state index in [1.54, 1.807) is 30.0 Å². The lowest BCUT2D eigenvalue weighted by molar-refractivity contribution is 0.103. The number of fused-ring (bicyclic) bond motifs is 3. The van der Waals surface area contributed by atoms with Crippen LogP contribution in [-0.4, -0.2) is 14.1 Å². The normalized spacial score (nSPS) is 16.3. The van der Waals surface area contributed by atoms with Crippen molar-refractivity contribution in [3.05, 3.63) is 98.9 Å². The van der Waals surface area contributed by atoms with E-state index < -0.39 is 8.32 Å². The number of hydrogen-bond donors (Lipinski definition) is 1. The van der Waals surface area contributed by atoms with Crippen molar-refractivity contribution in [1.82, 2.24) is 0 Å². The fourth-order valence-corrected chi connectivity index (χ4v) is 6.71. The number of nitrogens with one attached hydrogen (secondary N) is 1. The zero-order valence-electron chi connectivity index (χ0n) is 22.0. The van der Waals surface area contributed by atoms with E-state index in [2.05, 4.69) is 55.1 Å². The number of benzene rings is 3. The molecule has 0 amide bonds. The summed E-state index contributed by atoms with van der Waals surface area (Å²) < 4.78 is 6.62. The summed E-state index contributed by atoms with van der Waals surface area (Å²) in [4.78, 5) is 17.9. The first-order chi connectivity index (χ1) is 18.0. The fraction of sp³-hybridized carbons (Fsp3) is 0.233. The zero-order chi connectivity index (χ0) is 27.2. The number of anilines is 1. The Bertz CT molecular complexity index is 1610. The molecule has 8 heteroatoms. The largest absolute Gasteiger partial charge is 0.543 e. The molecule has 0 saturated heterocycles. The summed E-state index contributed by atoms with van der Waals surface area (Å²) in [6.45, 7) is 10.9. The lowest BCUT2D eigenvalue weighted by Gasteiger charge is -2.36. The number of nitrogens with zero attached hydrogens (tertiary/aromatic N) is 3. The van der Waals surface area contributed by atoms with Crippen LogP contribution in [0.4, 0.5) is 11.4 Å². The van der Waals surface area contributed by atoms with Gasteiger partial charge in [-0.05, 0) is 77.8 Å². The Morgan fingerprint density at radius 3 is 2.58 bits per heavy atom. The number of Topliss-reactive ketones (excluding diaryl/α,β-unsaturated/α-hetero) is 1. The molecule has 0 saturated carbocycles. The third-order valence-electron chi connectivity index (χ3n) is 7.42. The van der Waals surface area contributed by atoms with Crippen molar-refractivity contribution in [2.75, 3.05) is 5.32 Å². The van der Waals surface area contributed by atoms with Gasteiger partial charge in [-0.15, -0.1) is 18.2 Å². The maximum absolute atomic E-state index is 13.9. The molecule has 1 heterocycles. The van der Waals surface area contributed by atoms with Crippen LogP contribution in [0, 0.1) is 12.3 Å². The van der Waals surface area contributed by atoms with Crippen LogP contribution >= 0.6 is 11.8 Å². The molecule has 0 spiro atoms. The van der Waals surface area contributed by atoms with E-state index >= 15 is 0 Å². The van der Waals surface area contributed by atoms with Crippen LogP contribution in [0.5, 0.6) is 5.75 Å². The van der Waals surface area contributed by atoms with Crippen LogP contribution in [0.1, 0.15) is 53.1 Å². The van der Waals surface area contributed by atoms with Gasteiger partial charge in [-0.2, -0.15) is 0 Å². The van der Waals surface area contributed by atoms with Gasteiger partial charge in [0, 0.05) is 37.8 Å². The van der Waals surface area contributed by atoms with Gasteiger partial charge in [-0.25, -0.2) is 0 Å².